The summed E-state index contributed by atoms with van der Waals surface area (Å²) >= 11 is 1.90. The van der Waals surface area contributed by atoms with Crippen LogP contribution in [0.2, 0.25) is 0 Å². The van der Waals surface area contributed by atoms with Gasteiger partial charge in [-0.3, -0.25) is 9.48 Å². The van der Waals surface area contributed by atoms with Crippen molar-refractivity contribution in [3.05, 3.63) is 45.3 Å². The summed E-state index contributed by atoms with van der Waals surface area (Å²) in [7, 11) is 1.55. The zero-order valence-corrected chi connectivity index (χ0v) is 12.4. The van der Waals surface area contributed by atoms with Crippen molar-refractivity contribution in [2.24, 2.45) is 7.05 Å². The lowest BCUT2D eigenvalue weighted by Gasteiger charge is -2.13. The topological polar surface area (TPSA) is 46.9 Å². The van der Waals surface area contributed by atoms with Crippen LogP contribution in [0.1, 0.15) is 16.1 Å². The molecule has 0 bridgehead atoms. The first-order valence-electron chi connectivity index (χ1n) is 5.46. The van der Waals surface area contributed by atoms with Crippen molar-refractivity contribution in [1.82, 2.24) is 9.78 Å². The van der Waals surface area contributed by atoms with E-state index in [1.807, 2.05) is 22.6 Å². The van der Waals surface area contributed by atoms with E-state index in [-0.39, 0.29) is 11.4 Å². The SMILES string of the molecule is Cn1ncc(I)c1C(=O)Nc1ccccc1C(F)(F)F. The highest BCUT2D eigenvalue weighted by molar-refractivity contribution is 14.1. The first kappa shape index (κ1) is 14.8. The molecule has 20 heavy (non-hydrogen) atoms. The van der Waals surface area contributed by atoms with Crippen LogP contribution in [0.5, 0.6) is 0 Å². The fourth-order valence-electron chi connectivity index (χ4n) is 1.69. The Morgan fingerprint density at radius 2 is 2.00 bits per heavy atom. The fraction of sp³-hybridized carbons (Fsp3) is 0.167. The van der Waals surface area contributed by atoms with Gasteiger partial charge in [-0.2, -0.15) is 18.3 Å². The molecule has 1 aromatic carbocycles. The summed E-state index contributed by atoms with van der Waals surface area (Å²) in [6, 6.07) is 4.83. The molecule has 2 aromatic rings. The van der Waals surface area contributed by atoms with E-state index < -0.39 is 17.6 Å². The van der Waals surface area contributed by atoms with Gasteiger partial charge in [0.2, 0.25) is 0 Å². The van der Waals surface area contributed by atoms with Crippen LogP contribution in [0.25, 0.3) is 0 Å². The highest BCUT2D eigenvalue weighted by Crippen LogP contribution is 2.34. The zero-order valence-electron chi connectivity index (χ0n) is 10.2. The number of aryl methyl sites for hydroxylation is 1. The summed E-state index contributed by atoms with van der Waals surface area (Å²) in [6.45, 7) is 0. The van der Waals surface area contributed by atoms with Crippen molar-refractivity contribution in [1.29, 1.82) is 0 Å². The minimum absolute atomic E-state index is 0.211. The van der Waals surface area contributed by atoms with E-state index in [9.17, 15) is 18.0 Å². The van der Waals surface area contributed by atoms with Crippen molar-refractivity contribution in [3.63, 3.8) is 0 Å². The number of hydrogen-bond donors (Lipinski definition) is 1. The molecule has 0 saturated carbocycles. The van der Waals surface area contributed by atoms with Crippen molar-refractivity contribution in [2.75, 3.05) is 5.32 Å². The lowest BCUT2D eigenvalue weighted by atomic mass is 10.1. The van der Waals surface area contributed by atoms with Gasteiger partial charge in [-0.15, -0.1) is 0 Å². The smallest absolute Gasteiger partial charge is 0.320 e. The van der Waals surface area contributed by atoms with Crippen LogP contribution in [0, 0.1) is 3.57 Å². The molecule has 1 N–H and O–H groups in total. The first-order valence-corrected chi connectivity index (χ1v) is 6.53. The maximum Gasteiger partial charge on any atom is 0.418 e. The number of alkyl halides is 3. The molecule has 0 spiro atoms. The molecule has 0 saturated heterocycles. The van der Waals surface area contributed by atoms with Crippen LogP contribution >= 0.6 is 22.6 Å². The number of nitrogens with zero attached hydrogens (tertiary/aromatic N) is 2. The fourth-order valence-corrected chi connectivity index (χ4v) is 2.41. The van der Waals surface area contributed by atoms with Gasteiger partial charge in [0.1, 0.15) is 5.69 Å². The molecule has 1 heterocycles. The summed E-state index contributed by atoms with van der Waals surface area (Å²) in [5.41, 5.74) is -0.949. The van der Waals surface area contributed by atoms with E-state index >= 15 is 0 Å². The molecule has 1 aromatic heterocycles. The number of rotatable bonds is 2. The number of benzene rings is 1. The van der Waals surface area contributed by atoms with Crippen LogP contribution in [-0.4, -0.2) is 15.7 Å². The number of carbonyl (C=O) groups excluding carboxylic acids is 1. The number of anilines is 1. The molecule has 0 aliphatic carbocycles. The third-order valence-electron chi connectivity index (χ3n) is 2.59. The Labute approximate surface area is 126 Å². The van der Waals surface area contributed by atoms with Gasteiger partial charge in [0, 0.05) is 7.05 Å². The largest absolute Gasteiger partial charge is 0.418 e. The first-order chi connectivity index (χ1) is 9.30. The molecule has 0 aliphatic rings. The normalized spacial score (nSPS) is 11.4. The number of aromatic nitrogens is 2. The number of carbonyl (C=O) groups is 1. The summed E-state index contributed by atoms with van der Waals surface area (Å²) in [5.74, 6) is -0.633. The zero-order chi connectivity index (χ0) is 14.9. The van der Waals surface area contributed by atoms with Gasteiger partial charge >= 0.3 is 6.18 Å². The van der Waals surface area contributed by atoms with E-state index in [1.165, 1.54) is 29.1 Å². The third kappa shape index (κ3) is 2.94. The predicted molar refractivity (Wildman–Crippen MR) is 75.3 cm³/mol. The van der Waals surface area contributed by atoms with Gasteiger partial charge in [0.25, 0.3) is 5.91 Å². The van der Waals surface area contributed by atoms with Gasteiger partial charge in [-0.05, 0) is 34.7 Å². The van der Waals surface area contributed by atoms with Crippen molar-refractivity contribution >= 4 is 34.2 Å². The monoisotopic (exact) mass is 395 g/mol. The molecular weight excluding hydrogens is 386 g/mol. The van der Waals surface area contributed by atoms with Gasteiger partial charge < -0.3 is 5.32 Å². The van der Waals surface area contributed by atoms with Crippen molar-refractivity contribution in [3.8, 4) is 0 Å². The molecule has 1 amide bonds. The van der Waals surface area contributed by atoms with Crippen LogP contribution in [0.4, 0.5) is 18.9 Å². The summed E-state index contributed by atoms with van der Waals surface area (Å²) in [6.07, 6.45) is -3.06. The standard InChI is InChI=1S/C12H9F3IN3O/c1-19-10(8(16)6-17-19)11(20)18-9-5-3-2-4-7(9)12(13,14)15/h2-6H,1H3,(H,18,20). The highest BCUT2D eigenvalue weighted by atomic mass is 127. The molecular formula is C12H9F3IN3O. The van der Waals surface area contributed by atoms with Gasteiger partial charge in [-0.25, -0.2) is 0 Å². The average Bonchev–Trinajstić information content (AvgIpc) is 2.68. The van der Waals surface area contributed by atoms with Crippen LogP contribution in [-0.2, 0) is 13.2 Å². The highest BCUT2D eigenvalue weighted by Gasteiger charge is 2.33. The van der Waals surface area contributed by atoms with Gasteiger partial charge in [-0.1, -0.05) is 12.1 Å². The Morgan fingerprint density at radius 3 is 2.55 bits per heavy atom. The van der Waals surface area contributed by atoms with Crippen LogP contribution in [0.15, 0.2) is 30.5 Å². The molecule has 0 atom stereocenters. The Hall–Kier alpha value is -1.58. The maximum absolute atomic E-state index is 12.8. The molecule has 8 heteroatoms. The number of nitrogens with one attached hydrogen (secondary N) is 1. The number of para-hydroxylation sites is 1. The molecule has 0 radical (unpaired) electrons. The number of hydrogen-bond acceptors (Lipinski definition) is 2. The van der Waals surface area contributed by atoms with E-state index in [0.717, 1.165) is 6.07 Å². The second-order valence-electron chi connectivity index (χ2n) is 3.96. The van der Waals surface area contributed by atoms with E-state index in [1.54, 1.807) is 7.05 Å². The van der Waals surface area contributed by atoms with Crippen molar-refractivity contribution in [2.45, 2.75) is 6.18 Å². The Kier molecular flexibility index (Phi) is 4.02. The minimum atomic E-state index is -4.52. The quantitative estimate of drug-likeness (QED) is 0.794. The second-order valence-corrected chi connectivity index (χ2v) is 5.12. The molecule has 2 rings (SSSR count). The number of amides is 1. The Balaban J connectivity index is 2.34. The Morgan fingerprint density at radius 1 is 1.35 bits per heavy atom. The maximum atomic E-state index is 12.8. The summed E-state index contributed by atoms with van der Waals surface area (Å²) in [5, 5.41) is 6.15. The molecule has 0 fully saturated rings. The second kappa shape index (κ2) is 5.43. The lowest BCUT2D eigenvalue weighted by molar-refractivity contribution is -0.136. The number of halogens is 4. The Bertz CT molecular complexity index is 632. The molecule has 106 valence electrons. The summed E-state index contributed by atoms with van der Waals surface area (Å²) in [4.78, 5) is 12.1. The van der Waals surface area contributed by atoms with Gasteiger partial charge in [0.15, 0.2) is 0 Å². The van der Waals surface area contributed by atoms with Crippen molar-refractivity contribution < 1.29 is 18.0 Å². The average molecular weight is 395 g/mol. The molecule has 0 aliphatic heterocycles. The third-order valence-corrected chi connectivity index (χ3v) is 3.38. The minimum Gasteiger partial charge on any atom is -0.320 e. The predicted octanol–water partition coefficient (Wildman–Crippen LogP) is 3.30. The van der Waals surface area contributed by atoms with Crippen LogP contribution < -0.4 is 5.32 Å². The lowest BCUT2D eigenvalue weighted by Crippen LogP contribution is -2.20. The summed E-state index contributed by atoms with van der Waals surface area (Å²) < 4.78 is 40.4. The van der Waals surface area contributed by atoms with Crippen LogP contribution in [0.3, 0.4) is 0 Å². The van der Waals surface area contributed by atoms with E-state index in [2.05, 4.69) is 10.4 Å². The van der Waals surface area contributed by atoms with Gasteiger partial charge in [0.05, 0.1) is 21.0 Å². The molecule has 4 nitrogen and oxygen atoms in total. The molecule has 0 unspecified atom stereocenters. The van der Waals surface area contributed by atoms with E-state index in [0.29, 0.717) is 3.57 Å². The van der Waals surface area contributed by atoms with E-state index in [4.69, 9.17) is 0 Å².